The second-order valence-corrected chi connectivity index (χ2v) is 8.22. The molecule has 3 N–H and O–H groups in total. The number of nitrogens with two attached hydrogens (primary N) is 1. The van der Waals surface area contributed by atoms with Crippen molar-refractivity contribution >= 4 is 41.1 Å². The summed E-state index contributed by atoms with van der Waals surface area (Å²) >= 11 is 7.34. The SMILES string of the molecule is CN1SC[C@@](C)(c2cc(NC(=O)c3ccc(C(F)(F)F)cn3)cc(Cl)c2F)N=C1N. The maximum absolute atomic E-state index is 14.8. The first-order valence-electron chi connectivity index (χ1n) is 8.47. The van der Waals surface area contributed by atoms with Gasteiger partial charge in [0.1, 0.15) is 17.1 Å². The van der Waals surface area contributed by atoms with E-state index in [9.17, 15) is 22.4 Å². The minimum absolute atomic E-state index is 0.120. The summed E-state index contributed by atoms with van der Waals surface area (Å²) in [5, 5.41) is 2.22. The van der Waals surface area contributed by atoms with Crippen molar-refractivity contribution in [1.29, 1.82) is 0 Å². The predicted molar refractivity (Wildman–Crippen MR) is 108 cm³/mol. The van der Waals surface area contributed by atoms with Crippen LogP contribution in [0.4, 0.5) is 23.2 Å². The summed E-state index contributed by atoms with van der Waals surface area (Å²) in [6.45, 7) is 1.68. The number of hydrogen-bond acceptors (Lipinski definition) is 6. The summed E-state index contributed by atoms with van der Waals surface area (Å²) in [5.41, 5.74) is 3.86. The van der Waals surface area contributed by atoms with Crippen LogP contribution in [0.15, 0.2) is 35.5 Å². The molecule has 6 nitrogen and oxygen atoms in total. The fourth-order valence-corrected chi connectivity index (χ4v) is 3.78. The Kier molecular flexibility index (Phi) is 5.87. The summed E-state index contributed by atoms with van der Waals surface area (Å²) in [6.07, 6.45) is -4.00. The minimum Gasteiger partial charge on any atom is -0.369 e. The van der Waals surface area contributed by atoms with Gasteiger partial charge >= 0.3 is 6.18 Å². The first-order chi connectivity index (χ1) is 13.9. The van der Waals surface area contributed by atoms with E-state index in [4.69, 9.17) is 17.3 Å². The van der Waals surface area contributed by atoms with E-state index in [1.165, 1.54) is 24.1 Å². The molecule has 0 aliphatic carbocycles. The van der Waals surface area contributed by atoms with Crippen LogP contribution in [0.5, 0.6) is 0 Å². The van der Waals surface area contributed by atoms with Gasteiger partial charge in [-0.05, 0) is 43.1 Å². The van der Waals surface area contributed by atoms with Gasteiger partial charge < -0.3 is 11.1 Å². The molecule has 2 heterocycles. The first-order valence-corrected chi connectivity index (χ1v) is 9.79. The molecule has 30 heavy (non-hydrogen) atoms. The smallest absolute Gasteiger partial charge is 0.369 e. The van der Waals surface area contributed by atoms with Gasteiger partial charge in [0.2, 0.25) is 5.96 Å². The highest BCUT2D eigenvalue weighted by Crippen LogP contribution is 2.39. The van der Waals surface area contributed by atoms with Crippen LogP contribution in [-0.2, 0) is 11.7 Å². The average Bonchev–Trinajstić information content (AvgIpc) is 2.67. The van der Waals surface area contributed by atoms with Gasteiger partial charge in [-0.3, -0.25) is 14.1 Å². The molecule has 0 radical (unpaired) electrons. The van der Waals surface area contributed by atoms with Gasteiger partial charge in [-0.1, -0.05) is 11.6 Å². The van der Waals surface area contributed by atoms with Gasteiger partial charge in [0, 0.05) is 30.2 Å². The topological polar surface area (TPSA) is 83.6 Å². The molecule has 12 heteroatoms. The summed E-state index contributed by atoms with van der Waals surface area (Å²) in [7, 11) is 1.72. The van der Waals surface area contributed by atoms with Crippen LogP contribution in [0, 0.1) is 5.82 Å². The number of halogens is 5. The molecule has 0 bridgehead atoms. The molecule has 1 amide bonds. The first kappa shape index (κ1) is 22.2. The highest BCUT2D eigenvalue weighted by atomic mass is 35.5. The number of alkyl halides is 3. The van der Waals surface area contributed by atoms with Crippen LogP contribution in [0.3, 0.4) is 0 Å². The zero-order valence-electron chi connectivity index (χ0n) is 15.7. The van der Waals surface area contributed by atoms with Gasteiger partial charge in [0.15, 0.2) is 0 Å². The number of amides is 1. The number of rotatable bonds is 3. The van der Waals surface area contributed by atoms with Gasteiger partial charge in [0.05, 0.1) is 10.6 Å². The monoisotopic (exact) mass is 461 g/mol. The molecule has 1 aromatic carbocycles. The zero-order chi connectivity index (χ0) is 22.3. The third-order valence-electron chi connectivity index (χ3n) is 4.41. The van der Waals surface area contributed by atoms with Gasteiger partial charge in [-0.15, -0.1) is 0 Å². The van der Waals surface area contributed by atoms with E-state index in [1.807, 2.05) is 0 Å². The molecule has 2 aromatic rings. The van der Waals surface area contributed by atoms with Crippen molar-refractivity contribution in [3.63, 3.8) is 0 Å². The lowest BCUT2D eigenvalue weighted by Gasteiger charge is -2.34. The third kappa shape index (κ3) is 4.46. The van der Waals surface area contributed by atoms with E-state index >= 15 is 0 Å². The van der Waals surface area contributed by atoms with E-state index in [0.29, 0.717) is 11.9 Å². The molecule has 0 spiro atoms. The van der Waals surface area contributed by atoms with Crippen LogP contribution < -0.4 is 11.1 Å². The van der Waals surface area contributed by atoms with E-state index in [0.717, 1.165) is 12.1 Å². The summed E-state index contributed by atoms with van der Waals surface area (Å²) in [4.78, 5) is 20.3. The number of carbonyl (C=O) groups is 1. The quantitative estimate of drug-likeness (QED) is 0.527. The highest BCUT2D eigenvalue weighted by Gasteiger charge is 2.35. The lowest BCUT2D eigenvalue weighted by Crippen LogP contribution is -2.40. The van der Waals surface area contributed by atoms with Crippen molar-refractivity contribution in [2.45, 2.75) is 18.6 Å². The molecular weight excluding hydrogens is 446 g/mol. The minimum atomic E-state index is -4.56. The maximum Gasteiger partial charge on any atom is 0.417 e. The Morgan fingerprint density at radius 3 is 2.63 bits per heavy atom. The normalized spacial score (nSPS) is 19.4. The second kappa shape index (κ2) is 7.95. The molecule has 0 saturated carbocycles. The molecule has 1 aliphatic rings. The number of pyridine rings is 1. The van der Waals surface area contributed by atoms with Gasteiger partial charge in [-0.2, -0.15) is 13.2 Å². The number of guanidine groups is 1. The van der Waals surface area contributed by atoms with E-state index in [-0.39, 0.29) is 27.9 Å². The molecule has 160 valence electrons. The molecule has 0 saturated heterocycles. The fourth-order valence-electron chi connectivity index (χ4n) is 2.73. The Morgan fingerprint density at radius 1 is 1.37 bits per heavy atom. The highest BCUT2D eigenvalue weighted by molar-refractivity contribution is 7.97. The molecule has 0 unspecified atom stereocenters. The zero-order valence-corrected chi connectivity index (χ0v) is 17.3. The van der Waals surface area contributed by atoms with Crippen molar-refractivity contribution in [2.24, 2.45) is 10.7 Å². The van der Waals surface area contributed by atoms with Crippen molar-refractivity contribution in [3.8, 4) is 0 Å². The largest absolute Gasteiger partial charge is 0.417 e. The molecule has 1 aliphatic heterocycles. The Hall–Kier alpha value is -2.53. The van der Waals surface area contributed by atoms with Gasteiger partial charge in [0.25, 0.3) is 5.91 Å². The van der Waals surface area contributed by atoms with Crippen molar-refractivity contribution in [1.82, 2.24) is 9.29 Å². The number of nitrogens with one attached hydrogen (secondary N) is 1. The number of benzene rings is 1. The Labute approximate surface area is 178 Å². The Balaban J connectivity index is 1.90. The molecule has 0 fully saturated rings. The molecular formula is C18H16ClF4N5OS. The van der Waals surface area contributed by atoms with Crippen LogP contribution in [0.2, 0.25) is 5.02 Å². The third-order valence-corrected chi connectivity index (χ3v) is 5.95. The van der Waals surface area contributed by atoms with E-state index in [1.54, 1.807) is 18.3 Å². The van der Waals surface area contributed by atoms with Crippen LogP contribution in [-0.4, -0.2) is 34.0 Å². The van der Waals surface area contributed by atoms with Crippen LogP contribution in [0.25, 0.3) is 0 Å². The lowest BCUT2D eigenvalue weighted by atomic mass is 9.93. The van der Waals surface area contributed by atoms with Crippen molar-refractivity contribution < 1.29 is 22.4 Å². The van der Waals surface area contributed by atoms with Crippen LogP contribution in [0.1, 0.15) is 28.5 Å². The summed E-state index contributed by atoms with van der Waals surface area (Å²) < 4.78 is 54.3. The number of nitrogens with zero attached hydrogens (tertiary/aromatic N) is 3. The summed E-state index contributed by atoms with van der Waals surface area (Å²) in [5.74, 6) is -0.905. The lowest BCUT2D eigenvalue weighted by molar-refractivity contribution is -0.137. The average molecular weight is 462 g/mol. The number of hydrogen-bond donors (Lipinski definition) is 2. The second-order valence-electron chi connectivity index (χ2n) is 6.72. The Morgan fingerprint density at radius 2 is 2.07 bits per heavy atom. The number of aliphatic imine (C=N–C) groups is 1. The molecule has 1 atom stereocenters. The predicted octanol–water partition coefficient (Wildman–Crippen LogP) is 4.27. The van der Waals surface area contributed by atoms with E-state index in [2.05, 4.69) is 15.3 Å². The van der Waals surface area contributed by atoms with Crippen molar-refractivity contribution in [2.75, 3.05) is 18.1 Å². The Bertz CT molecular complexity index is 1010. The number of aromatic nitrogens is 1. The molecule has 1 aromatic heterocycles. The molecule has 3 rings (SSSR count). The fraction of sp³-hybridized carbons (Fsp3) is 0.278. The van der Waals surface area contributed by atoms with Gasteiger partial charge in [-0.25, -0.2) is 9.38 Å². The summed E-state index contributed by atoms with van der Waals surface area (Å²) in [6, 6.07) is 4.26. The van der Waals surface area contributed by atoms with E-state index < -0.39 is 29.0 Å². The number of carbonyl (C=O) groups excluding carboxylic acids is 1. The maximum atomic E-state index is 14.8. The standard InChI is InChI=1S/C18H16ClF4N5OS/c1-17(8-30-28(2)16(24)27-17)11-5-10(6-12(19)14(11)20)26-15(29)13-4-3-9(7-25-13)18(21,22)23/h3-7H,8H2,1-2H3,(H2,24,27)(H,26,29)/t17-/m0/s1. The number of anilines is 1. The van der Waals surface area contributed by atoms with Crippen molar-refractivity contribution in [3.05, 3.63) is 58.1 Å². The van der Waals surface area contributed by atoms with Crippen LogP contribution >= 0.6 is 23.5 Å².